The van der Waals surface area contributed by atoms with E-state index in [0.29, 0.717) is 35.1 Å². The third kappa shape index (κ3) is 4.17. The minimum Gasteiger partial charge on any atom is -0.497 e. The van der Waals surface area contributed by atoms with Crippen LogP contribution < -0.4 is 18.9 Å². The lowest BCUT2D eigenvalue weighted by Gasteiger charge is -2.40. The maximum Gasteiger partial charge on any atom is 0.312 e. The molecule has 0 bridgehead atoms. The number of rotatable bonds is 10. The van der Waals surface area contributed by atoms with Crippen molar-refractivity contribution in [2.24, 2.45) is 5.92 Å². The molecule has 0 spiro atoms. The summed E-state index contributed by atoms with van der Waals surface area (Å²) in [7, 11) is 4.29. The largest absolute Gasteiger partial charge is 0.497 e. The predicted octanol–water partition coefficient (Wildman–Crippen LogP) is 4.52. The van der Waals surface area contributed by atoms with Crippen LogP contribution in [-0.4, -0.2) is 56.1 Å². The van der Waals surface area contributed by atoms with Gasteiger partial charge in [0, 0.05) is 23.9 Å². The summed E-state index contributed by atoms with van der Waals surface area (Å²) in [4.78, 5) is 13.3. The fourth-order valence-electron chi connectivity index (χ4n) is 6.25. The van der Waals surface area contributed by atoms with Crippen LogP contribution in [0.4, 0.5) is 0 Å². The van der Waals surface area contributed by atoms with Gasteiger partial charge in [-0.3, -0.25) is 4.79 Å². The Hall–Kier alpha value is -3.46. The average Bonchev–Trinajstić information content (AvgIpc) is 3.37. The first kappa shape index (κ1) is 28.1. The van der Waals surface area contributed by atoms with Crippen molar-refractivity contribution in [1.29, 1.82) is 0 Å². The van der Waals surface area contributed by atoms with Crippen LogP contribution in [0.1, 0.15) is 35.4 Å². The molecule has 1 saturated carbocycles. The van der Waals surface area contributed by atoms with Gasteiger partial charge in [-0.25, -0.2) is 0 Å². The molecule has 5 atom stereocenters. The summed E-state index contributed by atoms with van der Waals surface area (Å²) in [5.74, 6) is -0.508. The Morgan fingerprint density at radius 1 is 0.975 bits per heavy atom. The molecule has 0 saturated heterocycles. The molecule has 2 N–H and O–H groups in total. The van der Waals surface area contributed by atoms with Crippen molar-refractivity contribution in [3.63, 3.8) is 0 Å². The predicted molar refractivity (Wildman–Crippen MR) is 148 cm³/mol. The molecule has 0 amide bonds. The van der Waals surface area contributed by atoms with Gasteiger partial charge in [-0.15, -0.1) is 11.6 Å². The number of benzene rings is 3. The Balaban J connectivity index is 1.76. The van der Waals surface area contributed by atoms with E-state index in [1.54, 1.807) is 43.5 Å². The molecular weight excluding hydrogens is 536 g/mol. The highest BCUT2D eigenvalue weighted by atomic mass is 35.5. The van der Waals surface area contributed by atoms with Crippen molar-refractivity contribution in [1.82, 2.24) is 0 Å². The Labute approximate surface area is 238 Å². The van der Waals surface area contributed by atoms with E-state index in [0.717, 1.165) is 12.8 Å². The van der Waals surface area contributed by atoms with Gasteiger partial charge in [0.15, 0.2) is 11.2 Å². The minimum atomic E-state index is -2.11. The number of hydrogen-bond donors (Lipinski definition) is 2. The van der Waals surface area contributed by atoms with Crippen LogP contribution in [0.25, 0.3) is 0 Å². The van der Waals surface area contributed by atoms with Gasteiger partial charge in [-0.2, -0.15) is 0 Å². The summed E-state index contributed by atoms with van der Waals surface area (Å²) in [6, 6.07) is 19.6. The van der Waals surface area contributed by atoms with Crippen molar-refractivity contribution in [2.45, 2.75) is 36.1 Å². The van der Waals surface area contributed by atoms with Gasteiger partial charge in [0.1, 0.15) is 29.1 Å². The SMILES string of the molecule is COC(=O)[C@H]1[C@@H](O)[C@@]2(O)c3c(OC)cc(OCCCCCl)cc3O[C@@]2(c2ccc(OC)cc2)[C@@H]1c1ccccc1. The summed E-state index contributed by atoms with van der Waals surface area (Å²) < 4.78 is 29.1. The average molecular weight is 569 g/mol. The highest BCUT2D eigenvalue weighted by Gasteiger charge is 2.78. The van der Waals surface area contributed by atoms with E-state index in [9.17, 15) is 15.0 Å². The van der Waals surface area contributed by atoms with E-state index < -0.39 is 35.1 Å². The molecule has 1 heterocycles. The van der Waals surface area contributed by atoms with E-state index in [-0.39, 0.29) is 17.1 Å². The van der Waals surface area contributed by atoms with Crippen molar-refractivity contribution in [3.8, 4) is 23.0 Å². The Kier molecular flexibility index (Phi) is 7.86. The lowest BCUT2D eigenvalue weighted by molar-refractivity contribution is -0.161. The van der Waals surface area contributed by atoms with Crippen LogP contribution in [-0.2, 0) is 20.7 Å². The fraction of sp³-hybridized carbons (Fsp3) is 0.387. The van der Waals surface area contributed by atoms with E-state index >= 15 is 0 Å². The minimum absolute atomic E-state index is 0.235. The number of methoxy groups -OCH3 is 3. The van der Waals surface area contributed by atoms with Crippen LogP contribution in [0.5, 0.6) is 23.0 Å². The molecule has 3 aromatic carbocycles. The Bertz CT molecular complexity index is 1350. The van der Waals surface area contributed by atoms with Gasteiger partial charge in [0.05, 0.1) is 39.4 Å². The van der Waals surface area contributed by atoms with E-state index in [4.69, 9.17) is 35.3 Å². The smallest absolute Gasteiger partial charge is 0.312 e. The molecular formula is C31H33ClO8. The number of aliphatic hydroxyl groups is 2. The molecule has 9 heteroatoms. The van der Waals surface area contributed by atoms with Crippen molar-refractivity contribution < 1.29 is 38.7 Å². The van der Waals surface area contributed by atoms with Gasteiger partial charge >= 0.3 is 5.97 Å². The van der Waals surface area contributed by atoms with E-state index in [1.807, 2.05) is 30.3 Å². The van der Waals surface area contributed by atoms with Gasteiger partial charge in [-0.05, 0) is 36.1 Å². The molecule has 40 heavy (non-hydrogen) atoms. The fourth-order valence-corrected chi connectivity index (χ4v) is 6.44. The zero-order valence-electron chi connectivity index (χ0n) is 22.6. The molecule has 0 aromatic heterocycles. The highest BCUT2D eigenvalue weighted by molar-refractivity contribution is 6.17. The second-order valence-electron chi connectivity index (χ2n) is 9.96. The standard InChI is InChI=1S/C31H33ClO8/c1-36-21-13-11-20(12-14-21)31-26(19-9-5-4-6-10-19)25(29(34)38-3)28(33)30(31,35)27-23(37-2)17-22(18-24(27)40-31)39-16-8-7-15-32/h4-6,9-14,17-18,25-26,28,33,35H,7-8,15-16H2,1-3H3/t25-,26-,28-,30+,31+/m1/s1. The number of esters is 1. The normalized spacial score (nSPS) is 26.4. The maximum absolute atomic E-state index is 13.3. The van der Waals surface area contributed by atoms with Crippen LogP contribution in [0.15, 0.2) is 66.7 Å². The number of halogens is 1. The number of aliphatic hydroxyl groups excluding tert-OH is 1. The molecule has 212 valence electrons. The lowest BCUT2D eigenvalue weighted by atomic mass is 9.70. The van der Waals surface area contributed by atoms with E-state index in [1.165, 1.54) is 14.2 Å². The summed E-state index contributed by atoms with van der Waals surface area (Å²) >= 11 is 5.80. The van der Waals surface area contributed by atoms with Crippen molar-refractivity contribution >= 4 is 17.6 Å². The van der Waals surface area contributed by atoms with Gasteiger partial charge in [-0.1, -0.05) is 42.5 Å². The molecule has 1 aliphatic heterocycles. The van der Waals surface area contributed by atoms with Gasteiger partial charge in [0.2, 0.25) is 0 Å². The summed E-state index contributed by atoms with van der Waals surface area (Å²) in [5.41, 5.74) is -2.30. The van der Waals surface area contributed by atoms with Gasteiger partial charge in [0.25, 0.3) is 0 Å². The molecule has 0 radical (unpaired) electrons. The molecule has 2 aliphatic rings. The number of ether oxygens (including phenoxy) is 5. The topological polar surface area (TPSA) is 104 Å². The summed E-state index contributed by atoms with van der Waals surface area (Å²) in [5, 5.41) is 24.8. The zero-order valence-corrected chi connectivity index (χ0v) is 23.4. The summed E-state index contributed by atoms with van der Waals surface area (Å²) in [6.07, 6.45) is -0.0442. The monoisotopic (exact) mass is 568 g/mol. The lowest BCUT2D eigenvalue weighted by Crippen LogP contribution is -2.52. The zero-order chi connectivity index (χ0) is 28.5. The highest BCUT2D eigenvalue weighted by Crippen LogP contribution is 2.70. The van der Waals surface area contributed by atoms with Crippen LogP contribution in [0.3, 0.4) is 0 Å². The molecule has 1 aliphatic carbocycles. The van der Waals surface area contributed by atoms with E-state index in [2.05, 4.69) is 0 Å². The Morgan fingerprint density at radius 2 is 1.70 bits per heavy atom. The third-order valence-corrected chi connectivity index (χ3v) is 8.26. The summed E-state index contributed by atoms with van der Waals surface area (Å²) in [6.45, 7) is 0.433. The number of carbonyl (C=O) groups excluding carboxylic acids is 1. The number of unbranched alkanes of at least 4 members (excludes halogenated alkanes) is 1. The number of fused-ring (bicyclic) bond motifs is 3. The number of hydrogen-bond acceptors (Lipinski definition) is 8. The number of alkyl halides is 1. The van der Waals surface area contributed by atoms with Gasteiger partial charge < -0.3 is 33.9 Å². The molecule has 1 fully saturated rings. The van der Waals surface area contributed by atoms with Crippen molar-refractivity contribution in [2.75, 3.05) is 33.8 Å². The third-order valence-electron chi connectivity index (χ3n) is 7.99. The van der Waals surface area contributed by atoms with Crippen LogP contribution in [0.2, 0.25) is 0 Å². The van der Waals surface area contributed by atoms with Crippen LogP contribution >= 0.6 is 11.6 Å². The first-order chi connectivity index (χ1) is 19.4. The molecule has 0 unspecified atom stereocenters. The molecule has 8 nitrogen and oxygen atoms in total. The maximum atomic E-state index is 13.3. The second-order valence-corrected chi connectivity index (χ2v) is 10.3. The number of carbonyl (C=O) groups is 1. The molecule has 3 aromatic rings. The Morgan fingerprint density at radius 3 is 2.33 bits per heavy atom. The first-order valence-electron chi connectivity index (χ1n) is 13.1. The van der Waals surface area contributed by atoms with Crippen molar-refractivity contribution in [3.05, 3.63) is 83.4 Å². The first-order valence-corrected chi connectivity index (χ1v) is 13.7. The quantitative estimate of drug-likeness (QED) is 0.209. The van der Waals surface area contributed by atoms with Crippen LogP contribution in [0, 0.1) is 5.92 Å². The second kappa shape index (κ2) is 11.2. The molecule has 5 rings (SSSR count).